The molecule has 146 valence electrons. The van der Waals surface area contributed by atoms with Gasteiger partial charge < -0.3 is 14.4 Å². The quantitative estimate of drug-likeness (QED) is 0.687. The van der Waals surface area contributed by atoms with Crippen LogP contribution in [-0.2, 0) is 20.7 Å². The second-order valence-electron chi connectivity index (χ2n) is 7.08. The normalized spacial score (nSPS) is 16.7. The van der Waals surface area contributed by atoms with Gasteiger partial charge in [-0.3, -0.25) is 9.59 Å². The Morgan fingerprint density at radius 1 is 1.22 bits per heavy atom. The van der Waals surface area contributed by atoms with E-state index in [1.54, 1.807) is 21.1 Å². The number of carbonyl (C=O) groups is 2. The molecule has 6 nitrogen and oxygen atoms in total. The van der Waals surface area contributed by atoms with Crippen molar-refractivity contribution in [3.05, 3.63) is 29.8 Å². The fourth-order valence-electron chi connectivity index (χ4n) is 3.49. The van der Waals surface area contributed by atoms with Crippen molar-refractivity contribution in [2.75, 3.05) is 14.2 Å². The Balaban J connectivity index is 1.87. The Morgan fingerprint density at radius 2 is 1.85 bits per heavy atom. The lowest BCUT2D eigenvalue weighted by molar-refractivity contribution is -0.160. The molecule has 1 atom stereocenters. The van der Waals surface area contributed by atoms with Crippen molar-refractivity contribution in [3.8, 4) is 11.8 Å². The first kappa shape index (κ1) is 20.8. The molecule has 6 heteroatoms. The second kappa shape index (κ2) is 9.40. The van der Waals surface area contributed by atoms with E-state index in [4.69, 9.17) is 9.47 Å². The van der Waals surface area contributed by atoms with E-state index in [1.165, 1.54) is 4.90 Å². The third-order valence-electron chi connectivity index (χ3n) is 5.29. The second-order valence-corrected chi connectivity index (χ2v) is 7.08. The number of likely N-dealkylation sites (N-methyl/N-ethyl adjacent to an activating group) is 1. The number of hydrogen-bond acceptors (Lipinski definition) is 5. The average Bonchev–Trinajstić information content (AvgIpc) is 2.71. The molecule has 1 aliphatic rings. The fraction of sp³-hybridized carbons (Fsp3) is 0.571. The van der Waals surface area contributed by atoms with Gasteiger partial charge in [0.05, 0.1) is 13.2 Å². The van der Waals surface area contributed by atoms with Crippen LogP contribution in [0.4, 0.5) is 0 Å². The highest BCUT2D eigenvalue weighted by Crippen LogP contribution is 2.32. The molecule has 1 aromatic carbocycles. The summed E-state index contributed by atoms with van der Waals surface area (Å²) in [5.41, 5.74) is 0.216. The fourth-order valence-corrected chi connectivity index (χ4v) is 3.49. The van der Waals surface area contributed by atoms with Crippen molar-refractivity contribution in [1.29, 1.82) is 5.26 Å². The van der Waals surface area contributed by atoms with Crippen LogP contribution in [0.2, 0.25) is 0 Å². The molecule has 0 saturated heterocycles. The van der Waals surface area contributed by atoms with Crippen LogP contribution >= 0.6 is 0 Å². The first-order chi connectivity index (χ1) is 12.9. The molecule has 0 unspecified atom stereocenters. The highest BCUT2D eigenvalue weighted by molar-refractivity contribution is 5.84. The number of esters is 1. The molecule has 27 heavy (non-hydrogen) atoms. The van der Waals surface area contributed by atoms with E-state index < -0.39 is 17.6 Å². The molecular formula is C21H28N2O4. The minimum Gasteiger partial charge on any atom is -0.497 e. The van der Waals surface area contributed by atoms with Crippen LogP contribution in [0.1, 0.15) is 51.0 Å². The van der Waals surface area contributed by atoms with Gasteiger partial charge in [-0.15, -0.1) is 0 Å². The SMILES string of the molecule is COc1ccc(CCC(=O)O[C@H](C)C(=O)N(C)C2(C#N)CCCCC2)cc1. The van der Waals surface area contributed by atoms with E-state index in [1.807, 2.05) is 24.3 Å². The number of carbonyl (C=O) groups excluding carboxylic acids is 2. The van der Waals surface area contributed by atoms with Gasteiger partial charge in [0.15, 0.2) is 6.10 Å². The van der Waals surface area contributed by atoms with E-state index >= 15 is 0 Å². The van der Waals surface area contributed by atoms with Crippen LogP contribution in [0, 0.1) is 11.3 Å². The predicted octanol–water partition coefficient (Wildman–Crippen LogP) is 3.24. The molecule has 0 bridgehead atoms. The van der Waals surface area contributed by atoms with E-state index in [0.717, 1.165) is 30.6 Å². The van der Waals surface area contributed by atoms with Crippen LogP contribution in [0.5, 0.6) is 5.75 Å². The minimum absolute atomic E-state index is 0.192. The third kappa shape index (κ3) is 5.22. The Hall–Kier alpha value is -2.55. The molecule has 1 saturated carbocycles. The largest absolute Gasteiger partial charge is 0.497 e. The molecule has 1 aromatic rings. The molecule has 0 heterocycles. The van der Waals surface area contributed by atoms with Gasteiger partial charge in [-0.05, 0) is 43.9 Å². The maximum absolute atomic E-state index is 12.7. The average molecular weight is 372 g/mol. The van der Waals surface area contributed by atoms with Crippen molar-refractivity contribution < 1.29 is 19.1 Å². The Morgan fingerprint density at radius 3 is 2.41 bits per heavy atom. The van der Waals surface area contributed by atoms with E-state index in [9.17, 15) is 14.9 Å². The first-order valence-corrected chi connectivity index (χ1v) is 9.43. The molecule has 1 aliphatic carbocycles. The number of methoxy groups -OCH3 is 1. The number of ether oxygens (including phenoxy) is 2. The summed E-state index contributed by atoms with van der Waals surface area (Å²) in [6.45, 7) is 1.57. The van der Waals surface area contributed by atoms with Crippen molar-refractivity contribution in [3.63, 3.8) is 0 Å². The predicted molar refractivity (Wildman–Crippen MR) is 101 cm³/mol. The van der Waals surface area contributed by atoms with Crippen LogP contribution in [0.25, 0.3) is 0 Å². The zero-order valence-electron chi connectivity index (χ0n) is 16.4. The van der Waals surface area contributed by atoms with Crippen LogP contribution in [-0.4, -0.2) is 42.6 Å². The number of nitriles is 1. The van der Waals surface area contributed by atoms with E-state index in [0.29, 0.717) is 19.3 Å². The zero-order valence-corrected chi connectivity index (χ0v) is 16.4. The number of hydrogen-bond donors (Lipinski definition) is 0. The van der Waals surface area contributed by atoms with Crippen LogP contribution < -0.4 is 4.74 Å². The zero-order chi connectivity index (χ0) is 19.9. The Labute approximate surface area is 161 Å². The lowest BCUT2D eigenvalue weighted by atomic mass is 9.81. The number of nitrogens with zero attached hydrogens (tertiary/aromatic N) is 2. The molecular weight excluding hydrogens is 344 g/mol. The van der Waals surface area contributed by atoms with E-state index in [-0.39, 0.29) is 12.3 Å². The third-order valence-corrected chi connectivity index (χ3v) is 5.29. The van der Waals surface area contributed by atoms with Crippen molar-refractivity contribution in [2.24, 2.45) is 0 Å². The van der Waals surface area contributed by atoms with Crippen LogP contribution in [0.3, 0.4) is 0 Å². The Bertz CT molecular complexity index is 687. The van der Waals surface area contributed by atoms with Crippen LogP contribution in [0.15, 0.2) is 24.3 Å². The molecule has 0 aliphatic heterocycles. The molecule has 1 fully saturated rings. The van der Waals surface area contributed by atoms with Gasteiger partial charge in [-0.25, -0.2) is 0 Å². The Kier molecular flexibility index (Phi) is 7.23. The number of amides is 1. The maximum Gasteiger partial charge on any atom is 0.306 e. The van der Waals surface area contributed by atoms with Gasteiger partial charge in [0.2, 0.25) is 0 Å². The maximum atomic E-state index is 12.7. The molecule has 1 amide bonds. The van der Waals surface area contributed by atoms with Crippen molar-refractivity contribution in [2.45, 2.75) is 63.5 Å². The molecule has 0 N–H and O–H groups in total. The highest BCUT2D eigenvalue weighted by atomic mass is 16.5. The standard InChI is InChI=1S/C21H28N2O4/c1-16(20(25)23(2)21(15-22)13-5-4-6-14-21)27-19(24)12-9-17-7-10-18(26-3)11-8-17/h7-8,10-11,16H,4-6,9,12-14H2,1-3H3/t16-/m1/s1. The lowest BCUT2D eigenvalue weighted by Gasteiger charge is -2.39. The van der Waals surface area contributed by atoms with E-state index in [2.05, 4.69) is 6.07 Å². The summed E-state index contributed by atoms with van der Waals surface area (Å²) >= 11 is 0. The van der Waals surface area contributed by atoms with Crippen molar-refractivity contribution in [1.82, 2.24) is 4.90 Å². The summed E-state index contributed by atoms with van der Waals surface area (Å²) in [4.78, 5) is 26.3. The molecule has 0 aromatic heterocycles. The smallest absolute Gasteiger partial charge is 0.306 e. The summed E-state index contributed by atoms with van der Waals surface area (Å²) in [5.74, 6) is 0.0173. The van der Waals surface area contributed by atoms with Gasteiger partial charge in [0.25, 0.3) is 5.91 Å². The molecule has 0 spiro atoms. The molecule has 0 radical (unpaired) electrons. The number of benzene rings is 1. The summed E-state index contributed by atoms with van der Waals surface area (Å²) < 4.78 is 10.4. The lowest BCUT2D eigenvalue weighted by Crippen LogP contribution is -2.53. The monoisotopic (exact) mass is 372 g/mol. The summed E-state index contributed by atoms with van der Waals surface area (Å²) in [7, 11) is 3.24. The van der Waals surface area contributed by atoms with Gasteiger partial charge in [0, 0.05) is 13.5 Å². The van der Waals surface area contributed by atoms with Crippen molar-refractivity contribution >= 4 is 11.9 Å². The highest BCUT2D eigenvalue weighted by Gasteiger charge is 2.40. The summed E-state index contributed by atoms with van der Waals surface area (Å²) in [6.07, 6.45) is 4.11. The summed E-state index contributed by atoms with van der Waals surface area (Å²) in [5, 5.41) is 9.61. The topological polar surface area (TPSA) is 79.6 Å². The van der Waals surface area contributed by atoms with Gasteiger partial charge in [0.1, 0.15) is 11.3 Å². The molecule has 2 rings (SSSR count). The van der Waals surface area contributed by atoms with Gasteiger partial charge >= 0.3 is 5.97 Å². The number of aryl methyl sites for hydroxylation is 1. The number of rotatable bonds is 7. The van der Waals surface area contributed by atoms with Gasteiger partial charge in [-0.1, -0.05) is 31.4 Å². The summed E-state index contributed by atoms with van der Waals surface area (Å²) in [6, 6.07) is 9.79. The minimum atomic E-state index is -0.898. The first-order valence-electron chi connectivity index (χ1n) is 9.43. The van der Waals surface area contributed by atoms with Gasteiger partial charge in [-0.2, -0.15) is 5.26 Å².